The van der Waals surface area contributed by atoms with Crippen molar-refractivity contribution in [2.75, 3.05) is 13.2 Å². The summed E-state index contributed by atoms with van der Waals surface area (Å²) in [5.41, 5.74) is 6.17. The van der Waals surface area contributed by atoms with E-state index >= 15 is 0 Å². The van der Waals surface area contributed by atoms with Crippen molar-refractivity contribution in [1.29, 1.82) is 0 Å². The van der Waals surface area contributed by atoms with Gasteiger partial charge < -0.3 is 19.7 Å². The molecular weight excluding hydrogens is 286 g/mol. The molecule has 8 heteroatoms. The number of nitrogens with zero attached hydrogens (tertiary/aromatic N) is 2. The monoisotopic (exact) mass is 295 g/mol. The lowest BCUT2D eigenvalue weighted by Gasteiger charge is -2.22. The van der Waals surface area contributed by atoms with Crippen LogP contribution in [-0.4, -0.2) is 29.6 Å². The topological polar surface area (TPSA) is 100 Å². The average molecular weight is 296 g/mol. The van der Waals surface area contributed by atoms with Crippen LogP contribution in [0.3, 0.4) is 0 Å². The van der Waals surface area contributed by atoms with Gasteiger partial charge in [-0.05, 0) is 6.07 Å². The van der Waals surface area contributed by atoms with Crippen molar-refractivity contribution in [1.82, 2.24) is 10.1 Å². The van der Waals surface area contributed by atoms with Crippen molar-refractivity contribution in [3.8, 4) is 22.9 Å². The second kappa shape index (κ2) is 5.10. The Balaban J connectivity index is 2.20. The number of nitrogens with two attached hydrogens (primary N) is 1. The Morgan fingerprint density at radius 3 is 2.75 bits per heavy atom. The predicted molar refractivity (Wildman–Crippen MR) is 69.0 cm³/mol. The third kappa shape index (κ3) is 2.00. The zero-order valence-corrected chi connectivity index (χ0v) is 11.0. The third-order valence-electron chi connectivity index (χ3n) is 2.80. The van der Waals surface area contributed by atoms with Crippen LogP contribution in [0.15, 0.2) is 10.6 Å². The molecule has 0 aliphatic carbocycles. The molecule has 1 aromatic carbocycles. The van der Waals surface area contributed by atoms with Gasteiger partial charge in [0.05, 0.1) is 22.7 Å². The fraction of sp³-hybridized carbons (Fsp3) is 0.250. The van der Waals surface area contributed by atoms with Crippen LogP contribution in [0.4, 0.5) is 0 Å². The highest BCUT2D eigenvalue weighted by Crippen LogP contribution is 2.44. The quantitative estimate of drug-likeness (QED) is 0.855. The van der Waals surface area contributed by atoms with E-state index in [1.54, 1.807) is 6.07 Å². The van der Waals surface area contributed by atoms with Crippen molar-refractivity contribution in [3.63, 3.8) is 0 Å². The SMILES string of the molecule is NCc1nc(-c2cc(Cl)c(C=O)c3c2OCCO3)no1. The molecule has 0 unspecified atom stereocenters. The molecule has 0 fully saturated rings. The van der Waals surface area contributed by atoms with Gasteiger partial charge >= 0.3 is 0 Å². The average Bonchev–Trinajstić information content (AvgIpc) is 2.95. The van der Waals surface area contributed by atoms with Gasteiger partial charge in [-0.15, -0.1) is 0 Å². The van der Waals surface area contributed by atoms with Gasteiger partial charge in [0.2, 0.25) is 11.7 Å². The minimum Gasteiger partial charge on any atom is -0.485 e. The summed E-state index contributed by atoms with van der Waals surface area (Å²) in [4.78, 5) is 15.2. The minimum atomic E-state index is 0.132. The van der Waals surface area contributed by atoms with E-state index in [1.807, 2.05) is 0 Å². The second-order valence-electron chi connectivity index (χ2n) is 4.01. The van der Waals surface area contributed by atoms with E-state index in [-0.39, 0.29) is 23.0 Å². The Morgan fingerprint density at radius 2 is 2.10 bits per heavy atom. The molecule has 2 N–H and O–H groups in total. The van der Waals surface area contributed by atoms with Crippen LogP contribution >= 0.6 is 11.6 Å². The highest BCUT2D eigenvalue weighted by Gasteiger charge is 2.26. The van der Waals surface area contributed by atoms with E-state index in [4.69, 9.17) is 31.3 Å². The lowest BCUT2D eigenvalue weighted by molar-refractivity contribution is 0.111. The van der Waals surface area contributed by atoms with Crippen LogP contribution in [0.1, 0.15) is 16.2 Å². The number of carbonyl (C=O) groups is 1. The molecule has 1 aliphatic rings. The summed E-state index contributed by atoms with van der Waals surface area (Å²) >= 11 is 6.08. The first kappa shape index (κ1) is 12.9. The molecule has 104 valence electrons. The lowest BCUT2D eigenvalue weighted by Crippen LogP contribution is -2.17. The smallest absolute Gasteiger partial charge is 0.240 e. The molecule has 7 nitrogen and oxygen atoms in total. The number of aldehydes is 1. The maximum absolute atomic E-state index is 11.1. The fourth-order valence-corrected chi connectivity index (χ4v) is 2.16. The fourth-order valence-electron chi connectivity index (χ4n) is 1.92. The first-order chi connectivity index (χ1) is 9.74. The number of hydrogen-bond donors (Lipinski definition) is 1. The Kier molecular flexibility index (Phi) is 3.29. The van der Waals surface area contributed by atoms with Gasteiger partial charge in [0.1, 0.15) is 13.2 Å². The molecule has 2 heterocycles. The van der Waals surface area contributed by atoms with E-state index in [0.717, 1.165) is 0 Å². The Bertz CT molecular complexity index is 671. The highest BCUT2D eigenvalue weighted by molar-refractivity contribution is 6.33. The van der Waals surface area contributed by atoms with Crippen molar-refractivity contribution in [2.24, 2.45) is 5.73 Å². The van der Waals surface area contributed by atoms with Gasteiger partial charge in [0, 0.05) is 0 Å². The van der Waals surface area contributed by atoms with Crippen LogP contribution in [0.5, 0.6) is 11.5 Å². The van der Waals surface area contributed by atoms with Crippen LogP contribution in [0.25, 0.3) is 11.4 Å². The number of rotatable bonds is 3. The molecule has 3 rings (SSSR count). The molecule has 1 aromatic heterocycles. The van der Waals surface area contributed by atoms with Gasteiger partial charge in [-0.3, -0.25) is 4.79 Å². The van der Waals surface area contributed by atoms with Crippen LogP contribution in [-0.2, 0) is 6.54 Å². The molecule has 0 amide bonds. The van der Waals surface area contributed by atoms with Gasteiger partial charge in [-0.25, -0.2) is 0 Å². The first-order valence-corrected chi connectivity index (χ1v) is 6.22. The standard InChI is InChI=1S/C12H10ClN3O4/c13-8-3-6(12-15-9(4-14)20-16-12)10-11(7(8)5-17)19-2-1-18-10/h3,5H,1-2,4,14H2. The molecular formula is C12H10ClN3O4. The first-order valence-electron chi connectivity index (χ1n) is 5.85. The minimum absolute atomic E-state index is 0.132. The maximum atomic E-state index is 11.1. The Morgan fingerprint density at radius 1 is 1.35 bits per heavy atom. The number of ether oxygens (including phenoxy) is 2. The summed E-state index contributed by atoms with van der Waals surface area (Å²) in [6.45, 7) is 0.835. The van der Waals surface area contributed by atoms with E-state index < -0.39 is 0 Å². The van der Waals surface area contributed by atoms with E-state index in [0.29, 0.717) is 42.5 Å². The van der Waals surface area contributed by atoms with Gasteiger partial charge in [-0.2, -0.15) is 4.98 Å². The van der Waals surface area contributed by atoms with E-state index in [1.165, 1.54) is 0 Å². The second-order valence-corrected chi connectivity index (χ2v) is 4.42. The lowest BCUT2D eigenvalue weighted by atomic mass is 10.1. The number of halogens is 1. The summed E-state index contributed by atoms with van der Waals surface area (Å²) in [7, 11) is 0. The summed E-state index contributed by atoms with van der Waals surface area (Å²) < 4.78 is 16.0. The number of carbonyl (C=O) groups excluding carboxylic acids is 1. The van der Waals surface area contributed by atoms with Gasteiger partial charge in [0.15, 0.2) is 17.8 Å². The zero-order chi connectivity index (χ0) is 14.1. The molecule has 2 aromatic rings. The molecule has 0 saturated carbocycles. The molecule has 1 aliphatic heterocycles. The summed E-state index contributed by atoms with van der Waals surface area (Å²) in [5.74, 6) is 1.26. The predicted octanol–water partition coefficient (Wildman–Crippen LogP) is 1.43. The molecule has 0 bridgehead atoms. The normalized spacial score (nSPS) is 13.3. The molecule has 0 spiro atoms. The van der Waals surface area contributed by atoms with Gasteiger partial charge in [0.25, 0.3) is 0 Å². The zero-order valence-electron chi connectivity index (χ0n) is 10.3. The van der Waals surface area contributed by atoms with Crippen LogP contribution < -0.4 is 15.2 Å². The molecule has 0 saturated heterocycles. The van der Waals surface area contributed by atoms with Crippen molar-refractivity contribution in [2.45, 2.75) is 6.54 Å². The van der Waals surface area contributed by atoms with Crippen LogP contribution in [0.2, 0.25) is 5.02 Å². The third-order valence-corrected chi connectivity index (χ3v) is 3.11. The summed E-state index contributed by atoms with van der Waals surface area (Å²) in [6, 6.07) is 1.55. The van der Waals surface area contributed by atoms with E-state index in [2.05, 4.69) is 10.1 Å². The number of benzene rings is 1. The summed E-state index contributed by atoms with van der Waals surface area (Å²) in [6.07, 6.45) is 0.626. The summed E-state index contributed by atoms with van der Waals surface area (Å²) in [5, 5.41) is 4.05. The Hall–Kier alpha value is -2.12. The van der Waals surface area contributed by atoms with Gasteiger partial charge in [-0.1, -0.05) is 16.8 Å². The van der Waals surface area contributed by atoms with E-state index in [9.17, 15) is 4.79 Å². The number of fused-ring (bicyclic) bond motifs is 1. The number of hydrogen-bond acceptors (Lipinski definition) is 7. The number of aromatic nitrogens is 2. The maximum Gasteiger partial charge on any atom is 0.240 e. The Labute approximate surface area is 118 Å². The van der Waals surface area contributed by atoms with Crippen molar-refractivity contribution < 1.29 is 18.8 Å². The molecule has 0 atom stereocenters. The molecule has 0 radical (unpaired) electrons. The largest absolute Gasteiger partial charge is 0.485 e. The van der Waals surface area contributed by atoms with Crippen molar-refractivity contribution >= 4 is 17.9 Å². The molecule has 20 heavy (non-hydrogen) atoms. The highest BCUT2D eigenvalue weighted by atomic mass is 35.5. The van der Waals surface area contributed by atoms with Crippen LogP contribution in [0, 0.1) is 0 Å². The van der Waals surface area contributed by atoms with Crippen molar-refractivity contribution in [3.05, 3.63) is 22.5 Å².